The van der Waals surface area contributed by atoms with E-state index in [0.29, 0.717) is 12.2 Å². The molecule has 0 atom stereocenters. The molecule has 0 spiro atoms. The predicted molar refractivity (Wildman–Crippen MR) is 91.9 cm³/mol. The molecule has 0 aliphatic carbocycles. The molecule has 1 N–H and O–H groups in total. The molecule has 0 saturated carbocycles. The molecule has 0 unspecified atom stereocenters. The summed E-state index contributed by atoms with van der Waals surface area (Å²) in [6.07, 6.45) is 0.414. The highest BCUT2D eigenvalue weighted by Crippen LogP contribution is 2.11. The Hall–Kier alpha value is -3.23. The molecular weight excluding hydrogens is 342 g/mol. The fourth-order valence-corrected chi connectivity index (χ4v) is 2.27. The number of nitrogens with zero attached hydrogens (tertiary/aromatic N) is 2. The van der Waals surface area contributed by atoms with E-state index in [-0.39, 0.29) is 17.6 Å². The minimum Gasteiger partial charge on any atom is -0.452 e. The van der Waals surface area contributed by atoms with E-state index in [0.717, 1.165) is 5.69 Å². The van der Waals surface area contributed by atoms with Gasteiger partial charge in [-0.05, 0) is 32.9 Å². The lowest BCUT2D eigenvalue weighted by molar-refractivity contribution is -0.123. The second kappa shape index (κ2) is 8.24. The molecule has 138 valence electrons. The van der Waals surface area contributed by atoms with Crippen LogP contribution >= 0.6 is 0 Å². The lowest BCUT2D eigenvalue weighted by atomic mass is 10.2. The lowest BCUT2D eigenvalue weighted by Gasteiger charge is -2.11. The van der Waals surface area contributed by atoms with Crippen LogP contribution in [0.25, 0.3) is 11.0 Å². The van der Waals surface area contributed by atoms with Crippen molar-refractivity contribution in [3.05, 3.63) is 39.8 Å². The van der Waals surface area contributed by atoms with Crippen molar-refractivity contribution in [3.8, 4) is 0 Å². The summed E-state index contributed by atoms with van der Waals surface area (Å²) < 4.78 is 11.0. The minimum atomic E-state index is -0.960. The Kier molecular flexibility index (Phi) is 6.05. The summed E-state index contributed by atoms with van der Waals surface area (Å²) in [5.74, 6) is -1.82. The Morgan fingerprint density at radius 2 is 1.92 bits per heavy atom. The first-order chi connectivity index (χ1) is 12.4. The number of aryl methyl sites for hydroxylation is 2. The Balaban J connectivity index is 2.21. The van der Waals surface area contributed by atoms with Crippen LogP contribution in [0.2, 0.25) is 0 Å². The first kappa shape index (κ1) is 19.1. The second-order valence-corrected chi connectivity index (χ2v) is 5.33. The molecule has 0 aromatic carbocycles. The standard InChI is InChI=1S/C17H19N3O6/c1-4-20-8-12(14(22)11-7-6-10(3)18-15(11)20)16(23)26-9-13(21)19-17(24)25-5-2/h6-8H,4-5,9H2,1-3H3,(H,19,21,24). The van der Waals surface area contributed by atoms with Crippen LogP contribution in [0.3, 0.4) is 0 Å². The molecule has 26 heavy (non-hydrogen) atoms. The number of carbonyl (C=O) groups excluding carboxylic acids is 3. The maximum Gasteiger partial charge on any atom is 0.413 e. The number of amides is 2. The quantitative estimate of drug-likeness (QED) is 0.794. The van der Waals surface area contributed by atoms with Gasteiger partial charge < -0.3 is 14.0 Å². The zero-order chi connectivity index (χ0) is 19.3. The van der Waals surface area contributed by atoms with Crippen LogP contribution in [-0.4, -0.2) is 40.7 Å². The zero-order valence-corrected chi connectivity index (χ0v) is 14.7. The average molecular weight is 361 g/mol. The molecule has 2 aromatic heterocycles. The van der Waals surface area contributed by atoms with Crippen molar-refractivity contribution in [2.75, 3.05) is 13.2 Å². The normalized spacial score (nSPS) is 10.4. The number of ether oxygens (including phenoxy) is 2. The average Bonchev–Trinajstić information content (AvgIpc) is 2.60. The summed E-state index contributed by atoms with van der Waals surface area (Å²) in [5, 5.41) is 2.17. The Morgan fingerprint density at radius 3 is 2.58 bits per heavy atom. The summed E-state index contributed by atoms with van der Waals surface area (Å²) >= 11 is 0. The van der Waals surface area contributed by atoms with Gasteiger partial charge in [0.05, 0.1) is 12.0 Å². The molecule has 0 aliphatic heterocycles. The molecule has 2 aromatic rings. The third kappa shape index (κ3) is 4.24. The number of pyridine rings is 2. The number of alkyl carbamates (subject to hydrolysis) is 1. The number of nitrogens with one attached hydrogen (secondary N) is 1. The molecule has 0 saturated heterocycles. The van der Waals surface area contributed by atoms with Crippen molar-refractivity contribution < 1.29 is 23.9 Å². The molecule has 9 nitrogen and oxygen atoms in total. The Labute approximate surface area is 148 Å². The molecular formula is C17H19N3O6. The third-order valence-corrected chi connectivity index (χ3v) is 3.47. The van der Waals surface area contributed by atoms with E-state index in [1.165, 1.54) is 6.20 Å². The molecule has 9 heteroatoms. The van der Waals surface area contributed by atoms with E-state index in [1.54, 1.807) is 30.5 Å². The summed E-state index contributed by atoms with van der Waals surface area (Å²) in [4.78, 5) is 51.7. The van der Waals surface area contributed by atoms with Crippen LogP contribution in [0.1, 0.15) is 29.9 Å². The minimum absolute atomic E-state index is 0.0973. The fourth-order valence-electron chi connectivity index (χ4n) is 2.27. The molecule has 0 radical (unpaired) electrons. The highest BCUT2D eigenvalue weighted by molar-refractivity contribution is 5.96. The van der Waals surface area contributed by atoms with Crippen molar-refractivity contribution in [2.24, 2.45) is 0 Å². The van der Waals surface area contributed by atoms with Crippen molar-refractivity contribution in [2.45, 2.75) is 27.3 Å². The maximum atomic E-state index is 12.5. The first-order valence-electron chi connectivity index (χ1n) is 8.01. The van der Waals surface area contributed by atoms with E-state index >= 15 is 0 Å². The molecule has 0 aliphatic rings. The summed E-state index contributed by atoms with van der Waals surface area (Å²) in [6.45, 7) is 5.09. The fraction of sp³-hybridized carbons (Fsp3) is 0.353. The van der Waals surface area contributed by atoms with Gasteiger partial charge in [-0.3, -0.25) is 14.9 Å². The van der Waals surface area contributed by atoms with Gasteiger partial charge in [0.1, 0.15) is 11.2 Å². The zero-order valence-electron chi connectivity index (χ0n) is 14.7. The largest absolute Gasteiger partial charge is 0.452 e. The van der Waals surface area contributed by atoms with Crippen LogP contribution in [0.5, 0.6) is 0 Å². The molecule has 2 heterocycles. The van der Waals surface area contributed by atoms with Crippen molar-refractivity contribution in [3.63, 3.8) is 0 Å². The first-order valence-corrected chi connectivity index (χ1v) is 8.01. The summed E-state index contributed by atoms with van der Waals surface area (Å²) in [5.41, 5.74) is 0.459. The van der Waals surface area contributed by atoms with Gasteiger partial charge >= 0.3 is 12.1 Å². The summed E-state index contributed by atoms with van der Waals surface area (Å²) in [7, 11) is 0. The topological polar surface area (TPSA) is 117 Å². The molecule has 2 rings (SSSR count). The van der Waals surface area contributed by atoms with Crippen molar-refractivity contribution in [1.29, 1.82) is 0 Å². The Bertz CT molecular complexity index is 919. The van der Waals surface area contributed by atoms with Gasteiger partial charge in [0.2, 0.25) is 5.43 Å². The van der Waals surface area contributed by atoms with Gasteiger partial charge in [0, 0.05) is 18.4 Å². The van der Waals surface area contributed by atoms with E-state index < -0.39 is 30.0 Å². The highest BCUT2D eigenvalue weighted by Gasteiger charge is 2.19. The van der Waals surface area contributed by atoms with Gasteiger partial charge in [-0.15, -0.1) is 0 Å². The van der Waals surface area contributed by atoms with Gasteiger partial charge in [-0.25, -0.2) is 14.6 Å². The van der Waals surface area contributed by atoms with Gasteiger partial charge in [-0.1, -0.05) is 0 Å². The maximum absolute atomic E-state index is 12.5. The van der Waals surface area contributed by atoms with E-state index in [2.05, 4.69) is 9.72 Å². The van der Waals surface area contributed by atoms with Crippen molar-refractivity contribution >= 4 is 29.0 Å². The van der Waals surface area contributed by atoms with Crippen LogP contribution in [-0.2, 0) is 20.8 Å². The highest BCUT2D eigenvalue weighted by atomic mass is 16.6. The molecule has 0 bridgehead atoms. The number of carbonyl (C=O) groups is 3. The third-order valence-electron chi connectivity index (χ3n) is 3.47. The van der Waals surface area contributed by atoms with E-state index in [4.69, 9.17) is 4.74 Å². The van der Waals surface area contributed by atoms with Crippen LogP contribution in [0.4, 0.5) is 4.79 Å². The SMILES string of the molecule is CCOC(=O)NC(=O)COC(=O)c1cn(CC)c2nc(C)ccc2c1=O. The molecule has 2 amide bonds. The number of rotatable bonds is 5. The van der Waals surface area contributed by atoms with Gasteiger partial charge in [0.15, 0.2) is 6.61 Å². The number of hydrogen-bond acceptors (Lipinski definition) is 7. The van der Waals surface area contributed by atoms with Gasteiger partial charge in [-0.2, -0.15) is 0 Å². The predicted octanol–water partition coefficient (Wildman–Crippen LogP) is 1.15. The number of fused-ring (bicyclic) bond motifs is 1. The number of imide groups is 1. The van der Waals surface area contributed by atoms with Crippen LogP contribution in [0.15, 0.2) is 23.1 Å². The van der Waals surface area contributed by atoms with E-state index in [1.807, 2.05) is 12.2 Å². The van der Waals surface area contributed by atoms with E-state index in [9.17, 15) is 19.2 Å². The summed E-state index contributed by atoms with van der Waals surface area (Å²) in [6, 6.07) is 3.27. The monoisotopic (exact) mass is 361 g/mol. The van der Waals surface area contributed by atoms with Gasteiger partial charge in [0.25, 0.3) is 5.91 Å². The van der Waals surface area contributed by atoms with Crippen molar-refractivity contribution in [1.82, 2.24) is 14.9 Å². The number of esters is 1. The molecule has 0 fully saturated rings. The van der Waals surface area contributed by atoms with Crippen LogP contribution in [0, 0.1) is 6.92 Å². The lowest BCUT2D eigenvalue weighted by Crippen LogP contribution is -2.35. The number of aromatic nitrogens is 2. The smallest absolute Gasteiger partial charge is 0.413 e. The second-order valence-electron chi connectivity index (χ2n) is 5.33. The Morgan fingerprint density at radius 1 is 1.19 bits per heavy atom. The number of hydrogen-bond donors (Lipinski definition) is 1. The van der Waals surface area contributed by atoms with Crippen LogP contribution < -0.4 is 10.7 Å².